The first-order valence-electron chi connectivity index (χ1n) is 14.7. The fourth-order valence-electron chi connectivity index (χ4n) is 5.53. The van der Waals surface area contributed by atoms with Gasteiger partial charge in [0.2, 0.25) is 0 Å². The highest BCUT2D eigenvalue weighted by molar-refractivity contribution is 6.46. The van der Waals surface area contributed by atoms with Gasteiger partial charge in [0, 0.05) is 31.7 Å². The highest BCUT2D eigenvalue weighted by Gasteiger charge is 2.46. The molecule has 0 radical (unpaired) electrons. The van der Waals surface area contributed by atoms with Crippen LogP contribution in [-0.2, 0) is 20.9 Å². The molecular weight excluding hydrogens is 560 g/mol. The number of Topliss-reactive ketones (excluding diaryl/α,β-unsaturated/α-hetero) is 1. The summed E-state index contributed by atoms with van der Waals surface area (Å²) in [6.07, 6.45) is 1.65. The number of carbonyl (C=O) groups excluding carboxylic acids is 2. The molecule has 5 rings (SSSR count). The lowest BCUT2D eigenvalue weighted by Gasteiger charge is -2.31. The summed E-state index contributed by atoms with van der Waals surface area (Å²) in [6.45, 7) is 9.78. The third-order valence-corrected chi connectivity index (χ3v) is 7.86. The van der Waals surface area contributed by atoms with Crippen LogP contribution < -0.4 is 14.2 Å². The molecule has 9 heteroatoms. The van der Waals surface area contributed by atoms with Gasteiger partial charge in [-0.3, -0.25) is 14.5 Å². The van der Waals surface area contributed by atoms with Crippen molar-refractivity contribution < 1.29 is 33.6 Å². The van der Waals surface area contributed by atoms with Crippen LogP contribution in [0.5, 0.6) is 17.2 Å². The minimum atomic E-state index is -0.829. The van der Waals surface area contributed by atoms with Gasteiger partial charge in [0.1, 0.15) is 24.7 Å². The van der Waals surface area contributed by atoms with E-state index in [4.69, 9.17) is 18.9 Å². The maximum absolute atomic E-state index is 13.6. The number of benzene rings is 3. The molecule has 2 aliphatic rings. The van der Waals surface area contributed by atoms with E-state index in [9.17, 15) is 14.7 Å². The Hall–Kier alpha value is -4.60. The second-order valence-corrected chi connectivity index (χ2v) is 10.7. The molecule has 1 amide bonds. The predicted octanol–water partition coefficient (Wildman–Crippen LogP) is 4.90. The van der Waals surface area contributed by atoms with E-state index >= 15 is 0 Å². The van der Waals surface area contributed by atoms with E-state index in [0.29, 0.717) is 73.5 Å². The zero-order valence-electron chi connectivity index (χ0n) is 25.2. The van der Waals surface area contributed by atoms with Gasteiger partial charge in [-0.25, -0.2) is 0 Å². The van der Waals surface area contributed by atoms with Crippen LogP contribution in [-0.4, -0.2) is 79.7 Å². The van der Waals surface area contributed by atoms with Crippen molar-refractivity contribution in [3.63, 3.8) is 0 Å². The Morgan fingerprint density at radius 2 is 1.77 bits per heavy atom. The molecule has 2 aliphatic heterocycles. The summed E-state index contributed by atoms with van der Waals surface area (Å²) in [7, 11) is 1.54. The average Bonchev–Trinajstić information content (AvgIpc) is 3.31. The van der Waals surface area contributed by atoms with Crippen molar-refractivity contribution in [2.45, 2.75) is 19.6 Å². The van der Waals surface area contributed by atoms with Crippen LogP contribution in [0.15, 0.2) is 85.0 Å². The summed E-state index contributed by atoms with van der Waals surface area (Å²) < 4.78 is 22.8. The first-order chi connectivity index (χ1) is 21.4. The van der Waals surface area contributed by atoms with E-state index in [1.807, 2.05) is 43.3 Å². The van der Waals surface area contributed by atoms with Gasteiger partial charge >= 0.3 is 0 Å². The number of likely N-dealkylation sites (tertiary alicyclic amines) is 1. The van der Waals surface area contributed by atoms with E-state index in [1.165, 1.54) is 0 Å². The minimum absolute atomic E-state index is 0.0276. The zero-order valence-corrected chi connectivity index (χ0v) is 25.2. The molecule has 0 bridgehead atoms. The average molecular weight is 599 g/mol. The molecular formula is C35H38N2O7. The van der Waals surface area contributed by atoms with Crippen LogP contribution in [0.1, 0.15) is 28.3 Å². The van der Waals surface area contributed by atoms with Crippen molar-refractivity contribution in [2.75, 3.05) is 53.1 Å². The number of ketones is 1. The van der Waals surface area contributed by atoms with Crippen LogP contribution in [0, 0.1) is 6.92 Å². The number of aliphatic hydroxyl groups is 1. The van der Waals surface area contributed by atoms with Crippen molar-refractivity contribution in [3.8, 4) is 17.2 Å². The van der Waals surface area contributed by atoms with Crippen molar-refractivity contribution >= 4 is 17.4 Å². The first-order valence-corrected chi connectivity index (χ1v) is 14.7. The largest absolute Gasteiger partial charge is 0.507 e. The summed E-state index contributed by atoms with van der Waals surface area (Å²) in [4.78, 5) is 30.9. The van der Waals surface area contributed by atoms with Crippen LogP contribution in [0.4, 0.5) is 0 Å². The third-order valence-electron chi connectivity index (χ3n) is 7.86. The standard InChI is InChI=1S/C35H38N2O7/c1-4-18-43-27-11-12-28(24(2)21-27)33(38)31-32(37(35(40)34(31)39)15-14-36-16-19-42-20-17-36)26-10-13-29(30(22-26)41-3)44-23-25-8-6-5-7-9-25/h4-13,21-22,32,38H,1,14-20,23H2,2-3H3. The summed E-state index contributed by atoms with van der Waals surface area (Å²) in [5.41, 5.74) is 2.80. The smallest absolute Gasteiger partial charge is 0.295 e. The van der Waals surface area contributed by atoms with Crippen molar-refractivity contribution in [3.05, 3.63) is 107 Å². The van der Waals surface area contributed by atoms with Crippen LogP contribution in [0.2, 0.25) is 0 Å². The molecule has 1 atom stereocenters. The number of aliphatic hydroxyl groups excluding tert-OH is 1. The number of nitrogens with zero attached hydrogens (tertiary/aromatic N) is 2. The number of morpholine rings is 1. The van der Waals surface area contributed by atoms with Crippen LogP contribution in [0.3, 0.4) is 0 Å². The normalized spacial score (nSPS) is 18.3. The molecule has 2 saturated heterocycles. The maximum Gasteiger partial charge on any atom is 0.295 e. The van der Waals surface area contributed by atoms with Crippen molar-refractivity contribution in [1.82, 2.24) is 9.80 Å². The molecule has 0 spiro atoms. The molecule has 9 nitrogen and oxygen atoms in total. The Bertz CT molecular complexity index is 1530. The molecule has 0 aliphatic carbocycles. The van der Waals surface area contributed by atoms with Crippen LogP contribution >= 0.6 is 0 Å². The quantitative estimate of drug-likeness (QED) is 0.136. The number of hydrogen-bond acceptors (Lipinski definition) is 8. The van der Waals surface area contributed by atoms with E-state index in [0.717, 1.165) is 18.7 Å². The number of amides is 1. The molecule has 44 heavy (non-hydrogen) atoms. The van der Waals surface area contributed by atoms with Crippen molar-refractivity contribution in [2.24, 2.45) is 0 Å². The first kappa shape index (κ1) is 30.8. The topological polar surface area (TPSA) is 97.8 Å². The molecule has 0 saturated carbocycles. The lowest BCUT2D eigenvalue weighted by atomic mass is 9.93. The lowest BCUT2D eigenvalue weighted by Crippen LogP contribution is -2.42. The van der Waals surface area contributed by atoms with E-state index in [1.54, 1.807) is 48.4 Å². The molecule has 2 fully saturated rings. The van der Waals surface area contributed by atoms with Gasteiger partial charge in [-0.1, -0.05) is 49.1 Å². The second-order valence-electron chi connectivity index (χ2n) is 10.7. The summed E-state index contributed by atoms with van der Waals surface area (Å²) in [5.74, 6) is -0.0370. The van der Waals surface area contributed by atoms with E-state index < -0.39 is 17.7 Å². The molecule has 1 unspecified atom stereocenters. The molecule has 230 valence electrons. The number of aryl methyl sites for hydroxylation is 1. The molecule has 2 heterocycles. The highest BCUT2D eigenvalue weighted by Crippen LogP contribution is 2.42. The summed E-state index contributed by atoms with van der Waals surface area (Å²) in [6, 6.07) is 19.5. The minimum Gasteiger partial charge on any atom is -0.507 e. The number of carbonyl (C=O) groups is 2. The van der Waals surface area contributed by atoms with Gasteiger partial charge in [0.15, 0.2) is 11.5 Å². The Labute approximate surface area is 257 Å². The maximum atomic E-state index is 13.6. The number of methoxy groups -OCH3 is 1. The fourth-order valence-corrected chi connectivity index (χ4v) is 5.53. The Kier molecular flexibility index (Phi) is 9.99. The Balaban J connectivity index is 1.52. The van der Waals surface area contributed by atoms with Gasteiger partial charge in [0.05, 0.1) is 31.9 Å². The van der Waals surface area contributed by atoms with E-state index in [-0.39, 0.29) is 11.3 Å². The van der Waals surface area contributed by atoms with Gasteiger partial charge in [-0.15, -0.1) is 0 Å². The Morgan fingerprint density at radius 1 is 1.00 bits per heavy atom. The highest BCUT2D eigenvalue weighted by atomic mass is 16.5. The van der Waals surface area contributed by atoms with E-state index in [2.05, 4.69) is 11.5 Å². The fraction of sp³-hybridized carbons (Fsp3) is 0.314. The van der Waals surface area contributed by atoms with Crippen LogP contribution in [0.25, 0.3) is 5.76 Å². The lowest BCUT2D eigenvalue weighted by molar-refractivity contribution is -0.140. The molecule has 3 aromatic carbocycles. The Morgan fingerprint density at radius 3 is 2.48 bits per heavy atom. The summed E-state index contributed by atoms with van der Waals surface area (Å²) >= 11 is 0. The third kappa shape index (κ3) is 6.79. The molecule has 0 aromatic heterocycles. The summed E-state index contributed by atoms with van der Waals surface area (Å²) in [5, 5.41) is 11.7. The van der Waals surface area contributed by atoms with Gasteiger partial charge in [-0.05, 0) is 53.9 Å². The number of ether oxygens (including phenoxy) is 4. The van der Waals surface area contributed by atoms with Crippen molar-refractivity contribution in [1.29, 1.82) is 0 Å². The number of rotatable bonds is 12. The molecule has 3 aromatic rings. The molecule has 1 N–H and O–H groups in total. The van der Waals surface area contributed by atoms with Gasteiger partial charge < -0.3 is 29.0 Å². The second kappa shape index (κ2) is 14.2. The monoisotopic (exact) mass is 598 g/mol. The zero-order chi connectivity index (χ0) is 31.1. The SMILES string of the molecule is C=CCOc1ccc(C(O)=C2C(=O)C(=O)N(CCN3CCOCC3)C2c2ccc(OCc3ccccc3)c(OC)c2)c(C)c1. The van der Waals surface area contributed by atoms with Gasteiger partial charge in [-0.2, -0.15) is 0 Å². The number of hydrogen-bond donors (Lipinski definition) is 1. The predicted molar refractivity (Wildman–Crippen MR) is 167 cm³/mol. The van der Waals surface area contributed by atoms with Gasteiger partial charge in [0.25, 0.3) is 11.7 Å².